The van der Waals surface area contributed by atoms with Gasteiger partial charge in [0.1, 0.15) is 9.47 Å². The van der Waals surface area contributed by atoms with Crippen LogP contribution >= 0.6 is 23.6 Å². The zero-order valence-corrected chi connectivity index (χ0v) is 13.2. The van der Waals surface area contributed by atoms with Crippen LogP contribution in [0.5, 0.6) is 0 Å². The summed E-state index contributed by atoms with van der Waals surface area (Å²) in [6, 6.07) is 7.70. The molecule has 6 heteroatoms. The van der Waals surface area contributed by atoms with Gasteiger partial charge >= 0.3 is 0 Å². The van der Waals surface area contributed by atoms with Crippen molar-refractivity contribution in [2.24, 2.45) is 0 Å². The van der Waals surface area contributed by atoms with Gasteiger partial charge in [0, 0.05) is 11.1 Å². The number of carbonyl (C=O) groups excluding carboxylic acids is 1. The Morgan fingerprint density at radius 3 is 2.81 bits per heavy atom. The smallest absolute Gasteiger partial charge is 0.266 e. The van der Waals surface area contributed by atoms with E-state index in [-0.39, 0.29) is 5.91 Å². The summed E-state index contributed by atoms with van der Waals surface area (Å²) in [5, 5.41) is 3.80. The van der Waals surface area contributed by atoms with Crippen molar-refractivity contribution in [1.82, 2.24) is 9.97 Å². The molecule has 0 saturated carbocycles. The van der Waals surface area contributed by atoms with E-state index in [1.165, 1.54) is 11.3 Å². The molecule has 0 aliphatic rings. The molecule has 4 nitrogen and oxygen atoms in total. The van der Waals surface area contributed by atoms with E-state index >= 15 is 0 Å². The lowest BCUT2D eigenvalue weighted by Crippen LogP contribution is -2.12. The fraction of sp³-hybridized carbons (Fsp3) is 0.133. The second-order valence-corrected chi connectivity index (χ2v) is 6.14. The minimum Gasteiger partial charge on any atom is -0.337 e. The quantitative estimate of drug-likeness (QED) is 0.696. The number of thiophene rings is 1. The number of carbonyl (C=O) groups is 1. The molecule has 2 heterocycles. The fourth-order valence-electron chi connectivity index (χ4n) is 2.19. The van der Waals surface area contributed by atoms with Crippen LogP contribution in [0.25, 0.3) is 10.2 Å². The van der Waals surface area contributed by atoms with Crippen molar-refractivity contribution in [2.75, 3.05) is 5.32 Å². The highest BCUT2D eigenvalue weighted by Crippen LogP contribution is 2.30. The van der Waals surface area contributed by atoms with Crippen molar-refractivity contribution in [3.8, 4) is 0 Å². The van der Waals surface area contributed by atoms with Gasteiger partial charge in [0.05, 0.1) is 11.2 Å². The summed E-state index contributed by atoms with van der Waals surface area (Å²) in [7, 11) is 0. The first-order chi connectivity index (χ1) is 10.1. The van der Waals surface area contributed by atoms with Crippen LogP contribution in [0.15, 0.2) is 30.6 Å². The van der Waals surface area contributed by atoms with Crippen LogP contribution in [0.4, 0.5) is 5.69 Å². The van der Waals surface area contributed by atoms with Crippen molar-refractivity contribution in [3.63, 3.8) is 0 Å². The largest absolute Gasteiger partial charge is 0.337 e. The summed E-state index contributed by atoms with van der Waals surface area (Å²) in [4.78, 5) is 21.1. The number of hydrogen-bond donors (Lipinski definition) is 2. The van der Waals surface area contributed by atoms with E-state index in [4.69, 9.17) is 12.2 Å². The van der Waals surface area contributed by atoms with E-state index in [9.17, 15) is 4.79 Å². The number of aryl methyl sites for hydroxylation is 2. The second-order valence-electron chi connectivity index (χ2n) is 4.74. The molecule has 2 aromatic heterocycles. The standard InChI is InChI=1S/C15H13N3OS2/c1-8-5-3-4-6-10(8)18-13(19)12-9(2)11-14(20)16-7-17-15(11)21-12/h3-7H,1-2H3,(H,18,19)(H,16,17,20). The summed E-state index contributed by atoms with van der Waals surface area (Å²) in [6.45, 7) is 3.86. The van der Waals surface area contributed by atoms with E-state index in [0.717, 1.165) is 27.0 Å². The molecule has 0 unspecified atom stereocenters. The zero-order valence-electron chi connectivity index (χ0n) is 11.6. The van der Waals surface area contributed by atoms with Gasteiger partial charge in [-0.15, -0.1) is 11.3 Å². The van der Waals surface area contributed by atoms with E-state index in [1.54, 1.807) is 6.33 Å². The number of aromatic amines is 1. The van der Waals surface area contributed by atoms with Gasteiger partial charge in [-0.25, -0.2) is 4.98 Å². The molecule has 3 aromatic rings. The van der Waals surface area contributed by atoms with Gasteiger partial charge in [-0.2, -0.15) is 0 Å². The van der Waals surface area contributed by atoms with Crippen LogP contribution in [0, 0.1) is 18.5 Å². The number of nitrogens with zero attached hydrogens (tertiary/aromatic N) is 1. The molecule has 0 spiro atoms. The number of nitrogens with one attached hydrogen (secondary N) is 2. The fourth-order valence-corrected chi connectivity index (χ4v) is 3.61. The van der Waals surface area contributed by atoms with Crippen LogP contribution < -0.4 is 5.32 Å². The monoisotopic (exact) mass is 315 g/mol. The maximum atomic E-state index is 12.5. The SMILES string of the molecule is Cc1ccccc1NC(=O)c1sc2nc[nH]c(=S)c2c1C. The minimum atomic E-state index is -0.126. The molecule has 106 valence electrons. The first-order valence-corrected chi connectivity index (χ1v) is 7.64. The highest BCUT2D eigenvalue weighted by atomic mass is 32.1. The van der Waals surface area contributed by atoms with E-state index < -0.39 is 0 Å². The van der Waals surface area contributed by atoms with Gasteiger partial charge < -0.3 is 10.3 Å². The molecule has 0 atom stereocenters. The lowest BCUT2D eigenvalue weighted by atomic mass is 10.2. The Morgan fingerprint density at radius 2 is 2.10 bits per heavy atom. The molecule has 0 radical (unpaired) electrons. The Balaban J connectivity index is 2.03. The Kier molecular flexibility index (Phi) is 3.57. The van der Waals surface area contributed by atoms with Gasteiger partial charge in [0.2, 0.25) is 0 Å². The molecule has 2 N–H and O–H groups in total. The number of H-pyrrole nitrogens is 1. The molecule has 0 aliphatic heterocycles. The van der Waals surface area contributed by atoms with Crippen LogP contribution in [0.3, 0.4) is 0 Å². The van der Waals surface area contributed by atoms with Crippen molar-refractivity contribution in [1.29, 1.82) is 0 Å². The average Bonchev–Trinajstić information content (AvgIpc) is 2.80. The number of aromatic nitrogens is 2. The van der Waals surface area contributed by atoms with Gasteiger partial charge in [-0.05, 0) is 31.0 Å². The number of amides is 1. The number of para-hydroxylation sites is 1. The molecule has 0 saturated heterocycles. The van der Waals surface area contributed by atoms with Gasteiger partial charge in [-0.1, -0.05) is 30.4 Å². The predicted octanol–water partition coefficient (Wildman–Crippen LogP) is 4.22. The maximum Gasteiger partial charge on any atom is 0.266 e. The van der Waals surface area contributed by atoms with E-state index in [0.29, 0.717) is 9.52 Å². The Morgan fingerprint density at radius 1 is 1.33 bits per heavy atom. The Hall–Kier alpha value is -2.05. The normalized spacial score (nSPS) is 10.8. The van der Waals surface area contributed by atoms with Crippen molar-refractivity contribution < 1.29 is 4.79 Å². The minimum absolute atomic E-state index is 0.126. The molecule has 0 fully saturated rings. The van der Waals surface area contributed by atoms with Crippen molar-refractivity contribution in [3.05, 3.63) is 51.2 Å². The van der Waals surface area contributed by atoms with E-state index in [2.05, 4.69) is 15.3 Å². The number of hydrogen-bond acceptors (Lipinski definition) is 4. The highest BCUT2D eigenvalue weighted by Gasteiger charge is 2.17. The highest BCUT2D eigenvalue weighted by molar-refractivity contribution is 7.71. The number of rotatable bonds is 2. The van der Waals surface area contributed by atoms with Gasteiger partial charge in [0.15, 0.2) is 0 Å². The lowest BCUT2D eigenvalue weighted by molar-refractivity contribution is 0.103. The van der Waals surface area contributed by atoms with Crippen molar-refractivity contribution in [2.45, 2.75) is 13.8 Å². The summed E-state index contributed by atoms with van der Waals surface area (Å²) >= 11 is 6.63. The number of anilines is 1. The molecular formula is C15H13N3OS2. The van der Waals surface area contributed by atoms with Crippen LogP contribution in [-0.4, -0.2) is 15.9 Å². The number of fused-ring (bicyclic) bond motifs is 1. The molecule has 1 aromatic carbocycles. The molecule has 0 bridgehead atoms. The first kappa shape index (κ1) is 13.9. The molecular weight excluding hydrogens is 302 g/mol. The zero-order chi connectivity index (χ0) is 15.0. The lowest BCUT2D eigenvalue weighted by Gasteiger charge is -2.07. The molecule has 1 amide bonds. The third-order valence-corrected chi connectivity index (χ3v) is 4.85. The summed E-state index contributed by atoms with van der Waals surface area (Å²) < 4.78 is 0.615. The van der Waals surface area contributed by atoms with E-state index in [1.807, 2.05) is 38.1 Å². The maximum absolute atomic E-state index is 12.5. The van der Waals surface area contributed by atoms with Gasteiger partial charge in [-0.3, -0.25) is 4.79 Å². The second kappa shape index (κ2) is 5.38. The summed E-state index contributed by atoms with van der Waals surface area (Å²) in [5.74, 6) is -0.126. The first-order valence-electron chi connectivity index (χ1n) is 6.41. The Bertz CT molecular complexity index is 895. The number of benzene rings is 1. The third-order valence-electron chi connectivity index (χ3n) is 3.33. The molecule has 0 aliphatic carbocycles. The Labute approximate surface area is 130 Å². The topological polar surface area (TPSA) is 57.8 Å². The van der Waals surface area contributed by atoms with Crippen molar-refractivity contribution >= 4 is 45.4 Å². The molecule has 3 rings (SSSR count). The average molecular weight is 315 g/mol. The third kappa shape index (κ3) is 2.48. The van der Waals surface area contributed by atoms with Crippen LogP contribution in [0.1, 0.15) is 20.8 Å². The van der Waals surface area contributed by atoms with Gasteiger partial charge in [0.25, 0.3) is 5.91 Å². The van der Waals surface area contributed by atoms with Crippen LogP contribution in [0.2, 0.25) is 0 Å². The summed E-state index contributed by atoms with van der Waals surface area (Å²) in [5.41, 5.74) is 2.72. The summed E-state index contributed by atoms with van der Waals surface area (Å²) in [6.07, 6.45) is 1.56. The molecule has 21 heavy (non-hydrogen) atoms. The predicted molar refractivity (Wildman–Crippen MR) is 88.7 cm³/mol. The van der Waals surface area contributed by atoms with Crippen LogP contribution in [-0.2, 0) is 0 Å².